The number of benzene rings is 2. The van der Waals surface area contributed by atoms with Crippen LogP contribution in [0.1, 0.15) is 5.56 Å². The van der Waals surface area contributed by atoms with Gasteiger partial charge in [0.05, 0.1) is 5.56 Å². The van der Waals surface area contributed by atoms with Crippen LogP contribution in [0.2, 0.25) is 0 Å². The van der Waals surface area contributed by atoms with Crippen molar-refractivity contribution >= 4 is 11.5 Å². The largest absolute Gasteiger partial charge is 0.368 e. The maximum atomic E-state index is 13.1. The molecule has 2 aromatic carbocycles. The standard InChI is InChI=1S/C24H22FN5O/c1-17-2-4-18(5-3-17)23-27-24(31-28-23)19-6-11-22(26-16-19)30-14-12-29(13-15-30)21-9-7-20(25)8-10-21/h2-11,16H,12-15H2,1H3. The molecule has 0 aliphatic carbocycles. The maximum absolute atomic E-state index is 13.1. The highest BCUT2D eigenvalue weighted by atomic mass is 19.1. The monoisotopic (exact) mass is 415 g/mol. The van der Waals surface area contributed by atoms with Gasteiger partial charge in [-0.1, -0.05) is 35.0 Å². The molecule has 2 aromatic heterocycles. The Kier molecular flexibility index (Phi) is 5.08. The lowest BCUT2D eigenvalue weighted by molar-refractivity contribution is 0.432. The zero-order valence-electron chi connectivity index (χ0n) is 17.2. The van der Waals surface area contributed by atoms with Crippen molar-refractivity contribution in [1.82, 2.24) is 15.1 Å². The quantitative estimate of drug-likeness (QED) is 0.487. The van der Waals surface area contributed by atoms with Crippen LogP contribution in [0, 0.1) is 12.7 Å². The van der Waals surface area contributed by atoms with Crippen LogP contribution in [0.4, 0.5) is 15.9 Å². The third kappa shape index (κ3) is 4.12. The first kappa shape index (κ1) is 19.2. The molecular formula is C24H22FN5O. The lowest BCUT2D eigenvalue weighted by atomic mass is 10.1. The Morgan fingerprint density at radius 2 is 1.48 bits per heavy atom. The summed E-state index contributed by atoms with van der Waals surface area (Å²) in [7, 11) is 0. The first-order valence-electron chi connectivity index (χ1n) is 10.3. The molecule has 0 spiro atoms. The number of nitrogens with zero attached hydrogens (tertiary/aromatic N) is 5. The second-order valence-electron chi connectivity index (χ2n) is 7.64. The normalized spacial score (nSPS) is 14.1. The molecule has 7 heteroatoms. The zero-order valence-corrected chi connectivity index (χ0v) is 17.2. The van der Waals surface area contributed by atoms with E-state index in [0.717, 1.165) is 48.8 Å². The van der Waals surface area contributed by atoms with Crippen molar-refractivity contribution in [2.45, 2.75) is 6.92 Å². The number of rotatable bonds is 4. The Morgan fingerprint density at radius 1 is 0.806 bits per heavy atom. The van der Waals surface area contributed by atoms with Gasteiger partial charge in [-0.2, -0.15) is 4.98 Å². The number of hydrogen-bond donors (Lipinski definition) is 0. The fourth-order valence-electron chi connectivity index (χ4n) is 3.71. The molecule has 0 bridgehead atoms. The van der Waals surface area contributed by atoms with Crippen LogP contribution in [0.15, 0.2) is 71.4 Å². The molecule has 6 nitrogen and oxygen atoms in total. The average Bonchev–Trinajstić information content (AvgIpc) is 3.31. The van der Waals surface area contributed by atoms with E-state index in [1.54, 1.807) is 6.20 Å². The molecule has 0 atom stereocenters. The van der Waals surface area contributed by atoms with Crippen LogP contribution in [-0.4, -0.2) is 41.3 Å². The maximum Gasteiger partial charge on any atom is 0.259 e. The molecule has 1 saturated heterocycles. The number of hydrogen-bond acceptors (Lipinski definition) is 6. The third-order valence-corrected chi connectivity index (χ3v) is 5.53. The molecule has 4 aromatic rings. The van der Waals surface area contributed by atoms with Gasteiger partial charge in [-0.15, -0.1) is 0 Å². The Balaban J connectivity index is 1.24. The van der Waals surface area contributed by atoms with Crippen molar-refractivity contribution in [3.63, 3.8) is 0 Å². The summed E-state index contributed by atoms with van der Waals surface area (Å²) in [6, 6.07) is 18.6. The topological polar surface area (TPSA) is 58.3 Å². The van der Waals surface area contributed by atoms with Gasteiger partial charge >= 0.3 is 0 Å². The van der Waals surface area contributed by atoms with E-state index in [4.69, 9.17) is 4.52 Å². The molecule has 1 aliphatic rings. The van der Waals surface area contributed by atoms with Crippen LogP contribution in [0.3, 0.4) is 0 Å². The van der Waals surface area contributed by atoms with Gasteiger partial charge in [-0.25, -0.2) is 9.37 Å². The van der Waals surface area contributed by atoms with Gasteiger partial charge in [-0.05, 0) is 43.3 Å². The van der Waals surface area contributed by atoms with E-state index >= 15 is 0 Å². The fourth-order valence-corrected chi connectivity index (χ4v) is 3.71. The molecule has 5 rings (SSSR count). The number of aromatic nitrogens is 3. The lowest BCUT2D eigenvalue weighted by Crippen LogP contribution is -2.46. The van der Waals surface area contributed by atoms with Gasteiger partial charge in [0.15, 0.2) is 0 Å². The smallest absolute Gasteiger partial charge is 0.259 e. The van der Waals surface area contributed by atoms with Gasteiger partial charge in [0.25, 0.3) is 5.89 Å². The second kappa shape index (κ2) is 8.18. The van der Waals surface area contributed by atoms with E-state index in [1.165, 1.54) is 17.7 Å². The SMILES string of the molecule is Cc1ccc(-c2noc(-c3ccc(N4CCN(c5ccc(F)cc5)CC4)nc3)n2)cc1. The van der Waals surface area contributed by atoms with Crippen molar-refractivity contribution in [2.75, 3.05) is 36.0 Å². The summed E-state index contributed by atoms with van der Waals surface area (Å²) >= 11 is 0. The summed E-state index contributed by atoms with van der Waals surface area (Å²) in [6.07, 6.45) is 1.77. The summed E-state index contributed by atoms with van der Waals surface area (Å²) in [4.78, 5) is 13.6. The average molecular weight is 415 g/mol. The minimum absolute atomic E-state index is 0.209. The molecule has 3 heterocycles. The third-order valence-electron chi connectivity index (χ3n) is 5.53. The summed E-state index contributed by atoms with van der Waals surface area (Å²) in [5.74, 6) is 1.73. The van der Waals surface area contributed by atoms with Crippen molar-refractivity contribution in [3.8, 4) is 22.8 Å². The number of aryl methyl sites for hydroxylation is 1. The summed E-state index contributed by atoms with van der Waals surface area (Å²) in [5, 5.41) is 4.09. The van der Waals surface area contributed by atoms with Gasteiger partial charge in [-0.3, -0.25) is 0 Å². The van der Waals surface area contributed by atoms with Gasteiger partial charge in [0, 0.05) is 43.6 Å². The van der Waals surface area contributed by atoms with E-state index in [2.05, 4.69) is 24.9 Å². The minimum Gasteiger partial charge on any atom is -0.368 e. The van der Waals surface area contributed by atoms with Gasteiger partial charge < -0.3 is 14.3 Å². The Hall–Kier alpha value is -3.74. The molecule has 156 valence electrons. The van der Waals surface area contributed by atoms with E-state index in [0.29, 0.717) is 11.7 Å². The Morgan fingerprint density at radius 3 is 2.16 bits per heavy atom. The van der Waals surface area contributed by atoms with Crippen LogP contribution < -0.4 is 9.80 Å². The van der Waals surface area contributed by atoms with Crippen LogP contribution >= 0.6 is 0 Å². The van der Waals surface area contributed by atoms with E-state index in [9.17, 15) is 4.39 Å². The van der Waals surface area contributed by atoms with Crippen LogP contribution in [-0.2, 0) is 0 Å². The first-order chi connectivity index (χ1) is 15.2. The molecule has 31 heavy (non-hydrogen) atoms. The van der Waals surface area contributed by atoms with E-state index < -0.39 is 0 Å². The minimum atomic E-state index is -0.209. The fraction of sp³-hybridized carbons (Fsp3) is 0.208. The number of pyridine rings is 1. The summed E-state index contributed by atoms with van der Waals surface area (Å²) < 4.78 is 18.6. The Labute approximate surface area is 180 Å². The Bertz CT molecular complexity index is 1150. The highest BCUT2D eigenvalue weighted by molar-refractivity contribution is 5.60. The highest BCUT2D eigenvalue weighted by Gasteiger charge is 2.19. The number of halogens is 1. The van der Waals surface area contributed by atoms with Crippen LogP contribution in [0.5, 0.6) is 0 Å². The summed E-state index contributed by atoms with van der Waals surface area (Å²) in [6.45, 7) is 5.46. The van der Waals surface area contributed by atoms with Gasteiger partial charge in [0.1, 0.15) is 11.6 Å². The van der Waals surface area contributed by atoms with Gasteiger partial charge in [0.2, 0.25) is 5.82 Å². The lowest BCUT2D eigenvalue weighted by Gasteiger charge is -2.36. The van der Waals surface area contributed by atoms with Crippen molar-refractivity contribution < 1.29 is 8.91 Å². The molecule has 0 N–H and O–H groups in total. The molecule has 1 aliphatic heterocycles. The molecule has 1 fully saturated rings. The van der Waals surface area contributed by atoms with Crippen LogP contribution in [0.25, 0.3) is 22.8 Å². The van der Waals surface area contributed by atoms with Crippen molar-refractivity contribution in [1.29, 1.82) is 0 Å². The highest BCUT2D eigenvalue weighted by Crippen LogP contribution is 2.24. The molecule has 0 unspecified atom stereocenters. The number of piperazine rings is 1. The predicted molar refractivity (Wildman–Crippen MR) is 119 cm³/mol. The molecule has 0 radical (unpaired) electrons. The predicted octanol–water partition coefficient (Wildman–Crippen LogP) is 4.57. The van der Waals surface area contributed by atoms with E-state index in [-0.39, 0.29) is 5.82 Å². The second-order valence-corrected chi connectivity index (χ2v) is 7.64. The number of anilines is 2. The molecular weight excluding hydrogens is 393 g/mol. The molecule has 0 amide bonds. The zero-order chi connectivity index (χ0) is 21.2. The van der Waals surface area contributed by atoms with Crippen molar-refractivity contribution in [2.24, 2.45) is 0 Å². The molecule has 0 saturated carbocycles. The van der Waals surface area contributed by atoms with Crippen molar-refractivity contribution in [3.05, 3.63) is 78.2 Å². The van der Waals surface area contributed by atoms with E-state index in [1.807, 2.05) is 55.5 Å². The summed E-state index contributed by atoms with van der Waals surface area (Å²) in [5.41, 5.74) is 3.94. The first-order valence-corrected chi connectivity index (χ1v) is 10.3.